The number of rotatable bonds is 6. The van der Waals surface area contributed by atoms with E-state index in [-0.39, 0.29) is 24.7 Å². The minimum absolute atomic E-state index is 0.0418. The summed E-state index contributed by atoms with van der Waals surface area (Å²) in [6, 6.07) is 15.9. The van der Waals surface area contributed by atoms with Gasteiger partial charge in [-0.2, -0.15) is 0 Å². The molecule has 1 fully saturated rings. The van der Waals surface area contributed by atoms with Gasteiger partial charge in [-0.1, -0.05) is 30.3 Å². The molecule has 5 heteroatoms. The number of hydrogen-bond acceptors (Lipinski definition) is 4. The molecule has 0 saturated carbocycles. The molecule has 3 rings (SSSR count). The summed E-state index contributed by atoms with van der Waals surface area (Å²) < 4.78 is 5.94. The van der Waals surface area contributed by atoms with E-state index in [0.717, 1.165) is 23.4 Å². The van der Waals surface area contributed by atoms with Gasteiger partial charge in [0.05, 0.1) is 6.10 Å². The molecule has 0 aliphatic carbocycles. The summed E-state index contributed by atoms with van der Waals surface area (Å²) in [6.07, 6.45) is 0.764. The second-order valence-corrected chi connectivity index (χ2v) is 7.64. The third-order valence-electron chi connectivity index (χ3n) is 5.20. The van der Waals surface area contributed by atoms with Crippen LogP contribution in [-0.4, -0.2) is 66.2 Å². The maximum absolute atomic E-state index is 13.1. The number of piperazine rings is 1. The molecule has 1 N–H and O–H groups in total. The number of aliphatic hydroxyl groups is 1. The average Bonchev–Trinajstić information content (AvgIpc) is 2.69. The summed E-state index contributed by atoms with van der Waals surface area (Å²) in [4.78, 5) is 17.2. The Labute approximate surface area is 167 Å². The van der Waals surface area contributed by atoms with Crippen LogP contribution in [0, 0.1) is 0 Å². The third kappa shape index (κ3) is 4.72. The second-order valence-electron chi connectivity index (χ2n) is 7.64. The van der Waals surface area contributed by atoms with E-state index < -0.39 is 0 Å². The quantitative estimate of drug-likeness (QED) is 0.833. The molecule has 0 aromatic heterocycles. The van der Waals surface area contributed by atoms with Gasteiger partial charge in [0.2, 0.25) is 0 Å². The minimum Gasteiger partial charge on any atom is -0.490 e. The van der Waals surface area contributed by atoms with Crippen molar-refractivity contribution in [3.05, 3.63) is 54.1 Å². The smallest absolute Gasteiger partial charge is 0.253 e. The zero-order valence-electron chi connectivity index (χ0n) is 17.0. The molecular weight excluding hydrogens is 352 g/mol. The Morgan fingerprint density at radius 2 is 1.96 bits per heavy atom. The standard InChI is InChI=1S/C23H30N2O3/c1-17(2)28-22-10-5-4-9-21(22)18-7-6-8-19(15-18)23(27)25-13-12-24(3)20(16-25)11-14-26/h4-10,15,17,20,26H,11-14,16H2,1-3H3/t20-/m0/s1. The number of aliphatic hydroxyl groups excluding tert-OH is 1. The molecule has 0 spiro atoms. The van der Waals surface area contributed by atoms with Crippen molar-refractivity contribution in [3.8, 4) is 16.9 Å². The summed E-state index contributed by atoms with van der Waals surface area (Å²) in [5.41, 5.74) is 2.65. The number of ether oxygens (including phenoxy) is 1. The summed E-state index contributed by atoms with van der Waals surface area (Å²) in [7, 11) is 2.05. The maximum Gasteiger partial charge on any atom is 0.253 e. The Morgan fingerprint density at radius 1 is 1.18 bits per heavy atom. The number of nitrogens with zero attached hydrogens (tertiary/aromatic N) is 2. The van der Waals surface area contributed by atoms with Crippen molar-refractivity contribution in [2.75, 3.05) is 33.3 Å². The Hall–Kier alpha value is -2.37. The van der Waals surface area contributed by atoms with Crippen LogP contribution in [-0.2, 0) is 0 Å². The molecule has 1 aliphatic heterocycles. The van der Waals surface area contributed by atoms with Gasteiger partial charge >= 0.3 is 0 Å². The van der Waals surface area contributed by atoms with E-state index in [1.165, 1.54) is 0 Å². The van der Waals surface area contributed by atoms with Crippen LogP contribution in [0.5, 0.6) is 5.75 Å². The monoisotopic (exact) mass is 382 g/mol. The van der Waals surface area contributed by atoms with Crippen molar-refractivity contribution in [1.29, 1.82) is 0 Å². The summed E-state index contributed by atoms with van der Waals surface area (Å²) in [6.45, 7) is 6.32. The number of benzene rings is 2. The van der Waals surface area contributed by atoms with Crippen molar-refractivity contribution in [1.82, 2.24) is 9.80 Å². The molecule has 5 nitrogen and oxygen atoms in total. The Balaban J connectivity index is 1.83. The zero-order valence-corrected chi connectivity index (χ0v) is 17.0. The number of amides is 1. The van der Waals surface area contributed by atoms with Gasteiger partial charge in [0, 0.05) is 43.4 Å². The molecular formula is C23H30N2O3. The molecule has 150 valence electrons. The lowest BCUT2D eigenvalue weighted by molar-refractivity contribution is 0.0500. The topological polar surface area (TPSA) is 53.0 Å². The first-order valence-corrected chi connectivity index (χ1v) is 9.96. The van der Waals surface area contributed by atoms with Gasteiger partial charge in [-0.15, -0.1) is 0 Å². The van der Waals surface area contributed by atoms with Gasteiger partial charge in [0.15, 0.2) is 0 Å². The molecule has 0 radical (unpaired) electrons. The summed E-state index contributed by atoms with van der Waals surface area (Å²) in [5, 5.41) is 9.29. The fourth-order valence-corrected chi connectivity index (χ4v) is 3.66. The molecule has 2 aromatic rings. The van der Waals surface area contributed by atoms with E-state index in [9.17, 15) is 9.90 Å². The lowest BCUT2D eigenvalue weighted by Gasteiger charge is -2.39. The van der Waals surface area contributed by atoms with Crippen LogP contribution < -0.4 is 4.74 Å². The molecule has 0 unspecified atom stereocenters. The first-order chi connectivity index (χ1) is 13.5. The van der Waals surface area contributed by atoms with Crippen molar-refractivity contribution < 1.29 is 14.6 Å². The van der Waals surface area contributed by atoms with Crippen molar-refractivity contribution in [2.24, 2.45) is 0 Å². The van der Waals surface area contributed by atoms with E-state index in [1.54, 1.807) is 0 Å². The fraction of sp³-hybridized carbons (Fsp3) is 0.435. The largest absolute Gasteiger partial charge is 0.490 e. The van der Waals surface area contributed by atoms with Crippen LogP contribution in [0.2, 0.25) is 0 Å². The number of carbonyl (C=O) groups excluding carboxylic acids is 1. The van der Waals surface area contributed by atoms with E-state index >= 15 is 0 Å². The normalized spacial score (nSPS) is 17.8. The molecule has 1 atom stereocenters. The molecule has 1 aliphatic rings. The first-order valence-electron chi connectivity index (χ1n) is 9.96. The molecule has 28 heavy (non-hydrogen) atoms. The molecule has 1 heterocycles. The Kier molecular flexibility index (Phi) is 6.70. The minimum atomic E-state index is 0.0418. The maximum atomic E-state index is 13.1. The fourth-order valence-electron chi connectivity index (χ4n) is 3.66. The molecule has 2 aromatic carbocycles. The van der Waals surface area contributed by atoms with Gasteiger partial charge in [-0.05, 0) is 51.1 Å². The van der Waals surface area contributed by atoms with Gasteiger partial charge in [0.1, 0.15) is 5.75 Å². The molecule has 0 bridgehead atoms. The van der Waals surface area contributed by atoms with Crippen LogP contribution in [0.15, 0.2) is 48.5 Å². The summed E-state index contributed by atoms with van der Waals surface area (Å²) >= 11 is 0. The number of hydrogen-bond donors (Lipinski definition) is 1. The predicted octanol–water partition coefficient (Wildman–Crippen LogP) is 3.28. The highest BCUT2D eigenvalue weighted by Gasteiger charge is 2.27. The van der Waals surface area contributed by atoms with Gasteiger partial charge in [0.25, 0.3) is 5.91 Å². The van der Waals surface area contributed by atoms with E-state index in [2.05, 4.69) is 11.9 Å². The first kappa shape index (κ1) is 20.4. The molecule has 1 amide bonds. The highest BCUT2D eigenvalue weighted by molar-refractivity contribution is 5.95. The van der Waals surface area contributed by atoms with Crippen molar-refractivity contribution in [2.45, 2.75) is 32.4 Å². The summed E-state index contributed by atoms with van der Waals surface area (Å²) in [5.74, 6) is 0.866. The van der Waals surface area contributed by atoms with Crippen molar-refractivity contribution in [3.63, 3.8) is 0 Å². The van der Waals surface area contributed by atoms with E-state index in [0.29, 0.717) is 25.1 Å². The van der Waals surface area contributed by atoms with Crippen LogP contribution in [0.4, 0.5) is 0 Å². The van der Waals surface area contributed by atoms with Crippen molar-refractivity contribution >= 4 is 5.91 Å². The molecule has 1 saturated heterocycles. The number of para-hydroxylation sites is 1. The SMILES string of the molecule is CC(C)Oc1ccccc1-c1cccc(C(=O)N2CCN(C)[C@@H](CCO)C2)c1. The Morgan fingerprint density at radius 3 is 2.71 bits per heavy atom. The highest BCUT2D eigenvalue weighted by Crippen LogP contribution is 2.31. The predicted molar refractivity (Wildman–Crippen MR) is 112 cm³/mol. The second kappa shape index (κ2) is 9.22. The van der Waals surface area contributed by atoms with Gasteiger partial charge < -0.3 is 14.7 Å². The Bertz CT molecular complexity index is 806. The third-order valence-corrected chi connectivity index (χ3v) is 5.20. The lowest BCUT2D eigenvalue weighted by atomic mass is 10.0. The van der Waals surface area contributed by atoms with Crippen LogP contribution in [0.1, 0.15) is 30.6 Å². The van der Waals surface area contributed by atoms with Crippen LogP contribution in [0.25, 0.3) is 11.1 Å². The zero-order chi connectivity index (χ0) is 20.1. The number of likely N-dealkylation sites (N-methyl/N-ethyl adjacent to an activating group) is 1. The van der Waals surface area contributed by atoms with Gasteiger partial charge in [-0.3, -0.25) is 9.69 Å². The van der Waals surface area contributed by atoms with E-state index in [1.807, 2.05) is 67.3 Å². The average molecular weight is 383 g/mol. The van der Waals surface area contributed by atoms with Crippen LogP contribution >= 0.6 is 0 Å². The van der Waals surface area contributed by atoms with Crippen LogP contribution in [0.3, 0.4) is 0 Å². The highest BCUT2D eigenvalue weighted by atomic mass is 16.5. The lowest BCUT2D eigenvalue weighted by Crippen LogP contribution is -2.53. The van der Waals surface area contributed by atoms with E-state index in [4.69, 9.17) is 4.74 Å². The number of carbonyl (C=O) groups is 1. The van der Waals surface area contributed by atoms with Gasteiger partial charge in [-0.25, -0.2) is 0 Å².